The Hall–Kier alpha value is -0.830. The maximum atomic E-state index is 12.3. The lowest BCUT2D eigenvalue weighted by atomic mass is 9.88. The fourth-order valence-electron chi connectivity index (χ4n) is 4.27. The van der Waals surface area contributed by atoms with Crippen LogP contribution in [-0.2, 0) is 4.79 Å². The molecule has 3 rings (SSSR count). The predicted molar refractivity (Wildman–Crippen MR) is 65.3 cm³/mol. The van der Waals surface area contributed by atoms with Gasteiger partial charge in [-0.25, -0.2) is 0 Å². The van der Waals surface area contributed by atoms with Gasteiger partial charge in [0.25, 0.3) is 0 Å². The molecule has 2 bridgehead atoms. The lowest BCUT2D eigenvalue weighted by Crippen LogP contribution is -2.44. The molecule has 1 N–H and O–H groups in total. The number of likely N-dealkylation sites (tertiary alicyclic amines) is 1. The van der Waals surface area contributed by atoms with E-state index in [1.165, 1.54) is 0 Å². The Labute approximate surface area is 102 Å². The quantitative estimate of drug-likeness (QED) is 0.738. The molecule has 5 atom stereocenters. The third-order valence-corrected chi connectivity index (χ3v) is 4.96. The summed E-state index contributed by atoms with van der Waals surface area (Å²) in [7, 11) is 0. The fourth-order valence-corrected chi connectivity index (χ4v) is 4.27. The van der Waals surface area contributed by atoms with Gasteiger partial charge in [-0.1, -0.05) is 13.0 Å². The minimum atomic E-state index is -0.267. The highest BCUT2D eigenvalue weighted by Crippen LogP contribution is 2.55. The average molecular weight is 235 g/mol. The van der Waals surface area contributed by atoms with Crippen LogP contribution in [0, 0.1) is 17.8 Å². The summed E-state index contributed by atoms with van der Waals surface area (Å²) < 4.78 is 0. The molecule has 1 amide bonds. The number of aliphatic hydroxyl groups is 1. The second-order valence-electron chi connectivity index (χ2n) is 5.89. The van der Waals surface area contributed by atoms with E-state index in [9.17, 15) is 9.90 Å². The number of hydrogen-bond acceptors (Lipinski definition) is 2. The highest BCUT2D eigenvalue weighted by atomic mass is 16.3. The van der Waals surface area contributed by atoms with Crippen molar-refractivity contribution in [1.29, 1.82) is 0 Å². The number of rotatable bonds is 2. The number of fused-ring (bicyclic) bond motifs is 1. The molecule has 0 aromatic carbocycles. The van der Waals surface area contributed by atoms with Crippen molar-refractivity contribution in [3.05, 3.63) is 11.6 Å². The second kappa shape index (κ2) is 3.84. The van der Waals surface area contributed by atoms with Gasteiger partial charge in [-0.15, -0.1) is 0 Å². The normalized spacial score (nSPS) is 43.6. The SMILES string of the molecule is CC/C=C(/C)C(=O)N1CC2CC3CC2C1C3O. The Bertz CT molecular complexity index is 374. The third kappa shape index (κ3) is 1.48. The summed E-state index contributed by atoms with van der Waals surface area (Å²) in [6.07, 6.45) is 4.88. The minimum absolute atomic E-state index is 0.117. The van der Waals surface area contributed by atoms with Crippen molar-refractivity contribution in [2.24, 2.45) is 17.8 Å². The number of nitrogens with zero attached hydrogens (tertiary/aromatic N) is 1. The van der Waals surface area contributed by atoms with Crippen molar-refractivity contribution in [3.8, 4) is 0 Å². The van der Waals surface area contributed by atoms with E-state index in [1.807, 2.05) is 24.8 Å². The first-order chi connectivity index (χ1) is 8.13. The summed E-state index contributed by atoms with van der Waals surface area (Å²) in [4.78, 5) is 14.3. The van der Waals surface area contributed by atoms with Gasteiger partial charge in [-0.3, -0.25) is 4.79 Å². The Balaban J connectivity index is 1.82. The van der Waals surface area contributed by atoms with Crippen LogP contribution >= 0.6 is 0 Å². The molecule has 3 heteroatoms. The average Bonchev–Trinajstić information content (AvgIpc) is 2.88. The van der Waals surface area contributed by atoms with Crippen LogP contribution in [0.2, 0.25) is 0 Å². The molecular formula is C14H21NO2. The summed E-state index contributed by atoms with van der Waals surface area (Å²) in [6, 6.07) is 0.117. The maximum Gasteiger partial charge on any atom is 0.249 e. The Kier molecular flexibility index (Phi) is 2.54. The van der Waals surface area contributed by atoms with Crippen LogP contribution in [0.4, 0.5) is 0 Å². The summed E-state index contributed by atoms with van der Waals surface area (Å²) >= 11 is 0. The van der Waals surface area contributed by atoms with Gasteiger partial charge in [0.05, 0.1) is 12.1 Å². The smallest absolute Gasteiger partial charge is 0.249 e. The number of hydrogen-bond donors (Lipinski definition) is 1. The van der Waals surface area contributed by atoms with Crippen LogP contribution in [0.3, 0.4) is 0 Å². The Morgan fingerprint density at radius 2 is 2.18 bits per heavy atom. The zero-order valence-electron chi connectivity index (χ0n) is 10.6. The van der Waals surface area contributed by atoms with E-state index in [0.29, 0.717) is 17.8 Å². The van der Waals surface area contributed by atoms with E-state index >= 15 is 0 Å². The van der Waals surface area contributed by atoms with Crippen LogP contribution in [-0.4, -0.2) is 34.6 Å². The van der Waals surface area contributed by atoms with E-state index < -0.39 is 0 Å². The number of amides is 1. The van der Waals surface area contributed by atoms with E-state index in [-0.39, 0.29) is 18.1 Å². The molecule has 0 radical (unpaired) electrons. The van der Waals surface area contributed by atoms with Crippen molar-refractivity contribution < 1.29 is 9.90 Å². The topological polar surface area (TPSA) is 40.5 Å². The molecule has 1 aliphatic heterocycles. The van der Waals surface area contributed by atoms with Gasteiger partial charge in [0.1, 0.15) is 0 Å². The van der Waals surface area contributed by atoms with E-state index in [2.05, 4.69) is 0 Å². The Morgan fingerprint density at radius 3 is 2.82 bits per heavy atom. The van der Waals surface area contributed by atoms with Gasteiger partial charge < -0.3 is 10.0 Å². The van der Waals surface area contributed by atoms with Crippen LogP contribution in [0.15, 0.2) is 11.6 Å². The predicted octanol–water partition coefficient (Wildman–Crippen LogP) is 1.57. The van der Waals surface area contributed by atoms with Gasteiger partial charge in [0.2, 0.25) is 5.91 Å². The lowest BCUT2D eigenvalue weighted by Gasteiger charge is -2.29. The molecule has 3 fully saturated rings. The molecule has 0 spiro atoms. The molecule has 94 valence electrons. The molecule has 3 nitrogen and oxygen atoms in total. The molecule has 2 aliphatic carbocycles. The number of aliphatic hydroxyl groups excluding tert-OH is 1. The van der Waals surface area contributed by atoms with Gasteiger partial charge in [0.15, 0.2) is 0 Å². The van der Waals surface area contributed by atoms with Crippen LogP contribution in [0.1, 0.15) is 33.1 Å². The monoisotopic (exact) mass is 235 g/mol. The largest absolute Gasteiger partial charge is 0.391 e. The Morgan fingerprint density at radius 1 is 1.41 bits per heavy atom. The summed E-state index contributed by atoms with van der Waals surface area (Å²) in [5.41, 5.74) is 0.837. The number of carbonyl (C=O) groups is 1. The molecule has 1 saturated heterocycles. The second-order valence-corrected chi connectivity index (χ2v) is 5.89. The molecule has 17 heavy (non-hydrogen) atoms. The first-order valence-electron chi connectivity index (χ1n) is 6.79. The first kappa shape index (κ1) is 11.3. The van der Waals surface area contributed by atoms with E-state index in [4.69, 9.17) is 0 Å². The molecule has 0 aromatic rings. The molecular weight excluding hydrogens is 214 g/mol. The third-order valence-electron chi connectivity index (χ3n) is 4.96. The van der Waals surface area contributed by atoms with Crippen molar-refractivity contribution in [2.45, 2.75) is 45.3 Å². The molecule has 5 unspecified atom stereocenters. The highest BCUT2D eigenvalue weighted by molar-refractivity contribution is 5.93. The number of allylic oxidation sites excluding steroid dienone is 1. The van der Waals surface area contributed by atoms with Gasteiger partial charge >= 0.3 is 0 Å². The van der Waals surface area contributed by atoms with Crippen molar-refractivity contribution in [2.75, 3.05) is 6.54 Å². The zero-order chi connectivity index (χ0) is 12.2. The van der Waals surface area contributed by atoms with Crippen molar-refractivity contribution >= 4 is 5.91 Å². The fraction of sp³-hybridized carbons (Fsp3) is 0.786. The zero-order valence-corrected chi connectivity index (χ0v) is 10.6. The van der Waals surface area contributed by atoms with Crippen LogP contribution < -0.4 is 0 Å². The number of carbonyl (C=O) groups excluding carboxylic acids is 1. The van der Waals surface area contributed by atoms with Gasteiger partial charge in [-0.05, 0) is 43.9 Å². The summed E-state index contributed by atoms with van der Waals surface area (Å²) in [5.74, 6) is 1.84. The maximum absolute atomic E-state index is 12.3. The lowest BCUT2D eigenvalue weighted by molar-refractivity contribution is -0.129. The highest BCUT2D eigenvalue weighted by Gasteiger charge is 2.59. The standard InChI is InChI=1S/C14H21NO2/c1-3-4-8(2)14(17)15-7-10-5-9-6-11(10)12(15)13(9)16/h4,9-13,16H,3,5-7H2,1-2H3/b8-4-. The van der Waals surface area contributed by atoms with Gasteiger partial charge in [0, 0.05) is 12.1 Å². The van der Waals surface area contributed by atoms with Crippen molar-refractivity contribution in [3.63, 3.8) is 0 Å². The van der Waals surface area contributed by atoms with Gasteiger partial charge in [-0.2, -0.15) is 0 Å². The summed E-state index contributed by atoms with van der Waals surface area (Å²) in [5, 5.41) is 10.2. The molecule has 0 aromatic heterocycles. The molecule has 1 heterocycles. The first-order valence-corrected chi connectivity index (χ1v) is 6.79. The van der Waals surface area contributed by atoms with Crippen LogP contribution in [0.25, 0.3) is 0 Å². The van der Waals surface area contributed by atoms with E-state index in [0.717, 1.165) is 31.4 Å². The minimum Gasteiger partial charge on any atom is -0.391 e. The van der Waals surface area contributed by atoms with Crippen molar-refractivity contribution in [1.82, 2.24) is 4.90 Å². The molecule has 3 aliphatic rings. The van der Waals surface area contributed by atoms with Crippen LogP contribution in [0.5, 0.6) is 0 Å². The molecule has 2 saturated carbocycles. The van der Waals surface area contributed by atoms with E-state index in [1.54, 1.807) is 0 Å². The summed E-state index contributed by atoms with van der Waals surface area (Å²) in [6.45, 7) is 4.81.